The van der Waals surface area contributed by atoms with Crippen molar-refractivity contribution in [2.24, 2.45) is 0 Å². The largest absolute Gasteiger partial charge is 1.00 e. The van der Waals surface area contributed by atoms with Crippen molar-refractivity contribution >= 4 is 74.7 Å². The first kappa shape index (κ1) is 97.2. The number of esters is 2. The Morgan fingerprint density at radius 3 is 1.31 bits per heavy atom. The average molecular weight is 1730 g/mol. The molecule has 0 saturated carbocycles. The second-order valence-electron chi connectivity index (χ2n) is 30.3. The first-order chi connectivity index (χ1) is 55.1. The second kappa shape index (κ2) is 44.1. The Hall–Kier alpha value is -7.89. The Morgan fingerprint density at radius 1 is 0.568 bits per heavy atom. The van der Waals surface area contributed by atoms with E-state index in [1.165, 1.54) is 18.2 Å². The van der Waals surface area contributed by atoms with Gasteiger partial charge in [-0.15, -0.1) is 0 Å². The fourth-order valence-electron chi connectivity index (χ4n) is 15.3. The molecule has 10 aromatic rings. The molecule has 0 aliphatic carbocycles. The van der Waals surface area contributed by atoms with Gasteiger partial charge in [0, 0.05) is 212 Å². The number of likely N-dealkylation sites (N-methyl/N-ethyl adjacent to an activating group) is 2. The Bertz CT molecular complexity index is 5050. The Balaban J connectivity index is 0.000000214. The molecule has 3 aliphatic heterocycles. The molecular weight excluding hydrogens is 1610 g/mol. The first-order valence-corrected chi connectivity index (χ1v) is 40.7. The van der Waals surface area contributed by atoms with Crippen LogP contribution in [-0.2, 0) is 16.0 Å². The van der Waals surface area contributed by atoms with E-state index >= 15 is 0 Å². The number of ether oxygens (including phenoxy) is 3. The number of H-pyrrole nitrogens is 1. The van der Waals surface area contributed by atoms with Crippen LogP contribution in [0.5, 0.6) is 5.75 Å². The van der Waals surface area contributed by atoms with E-state index in [2.05, 4.69) is 139 Å². The molecule has 25 nitrogen and oxygen atoms in total. The van der Waals surface area contributed by atoms with E-state index in [4.69, 9.17) is 36.0 Å². The predicted molar refractivity (Wildman–Crippen MR) is 457 cm³/mol. The summed E-state index contributed by atoms with van der Waals surface area (Å²) in [4.78, 5) is 80.6. The van der Waals surface area contributed by atoms with E-state index < -0.39 is 25.8 Å². The number of halogens is 5. The number of carboxylic acid groups (broad SMARTS) is 1. The minimum atomic E-state index is -4.18. The molecule has 3 saturated heterocycles. The van der Waals surface area contributed by atoms with Crippen LogP contribution in [0.25, 0.3) is 38.8 Å². The van der Waals surface area contributed by atoms with Crippen molar-refractivity contribution in [3.63, 3.8) is 0 Å². The number of alkyl halides is 3. The molecule has 0 aromatic carbocycles. The fourth-order valence-corrected chi connectivity index (χ4v) is 15.9. The van der Waals surface area contributed by atoms with Crippen LogP contribution in [0.1, 0.15) is 174 Å². The molecule has 3 unspecified atom stereocenters. The number of carboxylic acids is 1. The number of hydrogen-bond donors (Lipinski definition) is 5. The van der Waals surface area contributed by atoms with Gasteiger partial charge in [-0.05, 0) is 215 Å². The minimum Gasteiger partial charge on any atom is -0.870 e. The quantitative estimate of drug-likeness (QED) is 0.0269. The molecule has 0 spiro atoms. The number of carbonyl (C=O) groups is 3. The van der Waals surface area contributed by atoms with Gasteiger partial charge >= 0.3 is 60.8 Å². The predicted octanol–water partition coefficient (Wildman–Crippen LogP) is 10.5. The maximum atomic E-state index is 13.1. The van der Waals surface area contributed by atoms with Gasteiger partial charge in [0.05, 0.1) is 64.7 Å². The van der Waals surface area contributed by atoms with Crippen LogP contribution in [0.2, 0.25) is 0 Å². The van der Waals surface area contributed by atoms with Crippen molar-refractivity contribution in [1.29, 1.82) is 0 Å². The molecule has 32 heteroatoms. The van der Waals surface area contributed by atoms with Crippen molar-refractivity contribution in [2.75, 3.05) is 105 Å². The van der Waals surface area contributed by atoms with E-state index in [1.807, 2.05) is 129 Å². The molecular formula is C86H113BBrClF3N14NaO11. The number of nitrogens with one attached hydrogen (secondary N) is 2. The number of piperazine rings is 3. The summed E-state index contributed by atoms with van der Waals surface area (Å²) in [6, 6.07) is 25.2. The zero-order chi connectivity index (χ0) is 84.7. The summed E-state index contributed by atoms with van der Waals surface area (Å²) in [5.74, 6) is -0.965. The van der Waals surface area contributed by atoms with Gasteiger partial charge in [0.1, 0.15) is 5.75 Å². The molecule has 632 valence electrons. The molecule has 0 amide bonds. The maximum Gasteiger partial charge on any atom is 1.00 e. The smallest absolute Gasteiger partial charge is 0.870 e. The van der Waals surface area contributed by atoms with Gasteiger partial charge in [0.25, 0.3) is 5.56 Å². The summed E-state index contributed by atoms with van der Waals surface area (Å²) >= 11 is 8.86. The molecule has 3 aliphatic rings. The number of carbonyl (C=O) groups excluding carboxylic acids is 2. The number of hydrogen-bond acceptors (Lipinski definition) is 20. The number of aromatic carboxylic acids is 1. The van der Waals surface area contributed by atoms with Gasteiger partial charge in [-0.2, -0.15) is 13.2 Å². The van der Waals surface area contributed by atoms with Crippen LogP contribution in [0.4, 0.5) is 13.2 Å². The molecule has 10 aromatic heterocycles. The summed E-state index contributed by atoms with van der Waals surface area (Å²) < 4.78 is 61.5. The number of aromatic nitrogens is 7. The van der Waals surface area contributed by atoms with Crippen LogP contribution in [0.15, 0.2) is 125 Å². The zero-order valence-electron chi connectivity index (χ0n) is 71.2. The van der Waals surface area contributed by atoms with Crippen molar-refractivity contribution in [1.82, 2.24) is 67.4 Å². The van der Waals surface area contributed by atoms with Crippen LogP contribution < -0.4 is 50.2 Å². The van der Waals surface area contributed by atoms with Gasteiger partial charge in [-0.25, -0.2) is 19.2 Å². The van der Waals surface area contributed by atoms with Crippen molar-refractivity contribution in [3.8, 4) is 28.0 Å². The van der Waals surface area contributed by atoms with Gasteiger partial charge in [0.15, 0.2) is 0 Å². The summed E-state index contributed by atoms with van der Waals surface area (Å²) in [6.45, 7) is 43.4. The molecule has 13 rings (SSSR count). The first-order valence-electron chi connectivity index (χ1n) is 39.5. The number of methoxy groups -OCH3 is 1. The number of fused-ring (bicyclic) bond motifs is 3. The Kier molecular flexibility index (Phi) is 36.3. The monoisotopic (exact) mass is 1720 g/mol. The summed E-state index contributed by atoms with van der Waals surface area (Å²) in [5.41, 5.74) is 18.6. The van der Waals surface area contributed by atoms with E-state index in [-0.39, 0.29) is 89.4 Å². The molecule has 6 N–H and O–H groups in total. The SMILES string of the molecule is CCN1CCN(C(C)c2c(C)c(C(=O)O)cc3c(-c4ccc(C)nc4)ccn23)CC1.CCN1CCN(C(C)c2c(C)c(C(=O)OC(C)C)cc3c(-c4ccc(C)nc4)ccn23)CC1.COc1cc(C)[nH]c(=O)c1CNCl.Cc1c(C(=O)OC(C)C)cc2c(Br)ccn2c1C(C)N1CCN(CC(F)(F)F)CC1.Cc1ccc(B(O)O)cn1.[Na+].[OH-]. The Labute approximate surface area is 725 Å². The standard InChI is InChI=1S/C27H36N4O2.C24H30N4O2.C21H27BrF3N3O2.C8H11ClN2O2.C6H8BNO2.Na.H2O/c1-7-29-12-14-30(15-13-29)21(6)26-20(5)24(27(32)33-18(2)3)16-25-23(10-11-31(25)26)22-9-8-19(4)28-17-22;1-5-26-10-12-27(13-11-26)18(4)23-17(3)21(24(29)30)14-22-20(8-9-28(22)23)19-7-6-16(2)25-15-19;1-13(2)30-20(29)16-11-18-17(22)5-6-28(18)19(14(16)3)15(4)27-9-7-26(8-10-27)12-21(23,24)25;1-5-3-7(13-2)6(4-10-9)8(12)11-5;1-5-2-3-6(4-8-5)7(9)10;;/h8-11,16-18,21H,7,12-15H2,1-6H3;6-9,14-15,18H,5,10-13H2,1-4H3,(H,29,30);5-6,11,13,15H,7-10,12H2,1-4H3;3,10H,4H2,1-2H3,(H,11,12);2-4,9-10H,1H3;;1H2/q;;;;;+1;/p-1. The number of nitrogens with zero attached hydrogens (tertiary/aromatic N) is 12. The van der Waals surface area contributed by atoms with E-state index in [0.29, 0.717) is 59.6 Å². The van der Waals surface area contributed by atoms with Crippen molar-refractivity contribution < 1.29 is 92.0 Å². The topological polar surface area (TPSA) is 286 Å². The van der Waals surface area contributed by atoms with Gasteiger partial charge in [0.2, 0.25) is 0 Å². The molecule has 118 heavy (non-hydrogen) atoms. The van der Waals surface area contributed by atoms with E-state index in [9.17, 15) is 37.5 Å². The summed E-state index contributed by atoms with van der Waals surface area (Å²) in [7, 11) is 0.111. The van der Waals surface area contributed by atoms with Gasteiger partial charge < -0.3 is 62.8 Å². The molecule has 13 heterocycles. The number of aromatic amines is 1. The van der Waals surface area contributed by atoms with Crippen LogP contribution in [-0.4, -0.2) is 232 Å². The Morgan fingerprint density at radius 2 is 0.949 bits per heavy atom. The second-order valence-corrected chi connectivity index (χ2v) is 31.4. The molecule has 3 fully saturated rings. The third-order valence-electron chi connectivity index (χ3n) is 21.8. The number of pyridine rings is 7. The van der Waals surface area contributed by atoms with E-state index in [0.717, 1.165) is 165 Å². The fraction of sp³-hybridized carbons (Fsp3) is 0.453. The number of rotatable bonds is 20. The van der Waals surface area contributed by atoms with Crippen molar-refractivity contribution in [2.45, 2.75) is 154 Å². The summed E-state index contributed by atoms with van der Waals surface area (Å²) in [5, 5.41) is 27.2. The van der Waals surface area contributed by atoms with Crippen molar-refractivity contribution in [3.05, 3.63) is 210 Å². The van der Waals surface area contributed by atoms with Crippen LogP contribution in [0, 0.1) is 48.5 Å². The third kappa shape index (κ3) is 24.5. The van der Waals surface area contributed by atoms with Crippen LogP contribution in [0.3, 0.4) is 0 Å². The van der Waals surface area contributed by atoms with Gasteiger partial charge in [-0.1, -0.05) is 32.0 Å². The van der Waals surface area contributed by atoms with E-state index in [1.54, 1.807) is 31.2 Å². The molecule has 0 radical (unpaired) electrons. The minimum absolute atomic E-state index is 0. The maximum absolute atomic E-state index is 13.1. The molecule has 0 bridgehead atoms. The van der Waals surface area contributed by atoms with Crippen LogP contribution >= 0.6 is 27.7 Å². The zero-order valence-corrected chi connectivity index (χ0v) is 75.5. The normalized spacial score (nSPS) is 15.3. The van der Waals surface area contributed by atoms with Gasteiger partial charge in [-0.3, -0.25) is 39.3 Å². The average Bonchev–Trinajstić information content (AvgIpc) is 1.57. The molecule has 3 atom stereocenters. The summed E-state index contributed by atoms with van der Waals surface area (Å²) in [6.07, 6.45) is 6.77. The third-order valence-corrected chi connectivity index (χ3v) is 22.6. The number of aryl methyl sites for hydroxylation is 4.